The van der Waals surface area contributed by atoms with Gasteiger partial charge in [-0.3, -0.25) is 0 Å². The third-order valence-corrected chi connectivity index (χ3v) is 3.10. The van der Waals surface area contributed by atoms with E-state index in [4.69, 9.17) is 10.5 Å². The minimum absolute atomic E-state index is 0.121. The van der Waals surface area contributed by atoms with Crippen LogP contribution < -0.4 is 10.5 Å². The van der Waals surface area contributed by atoms with Crippen molar-refractivity contribution in [2.24, 2.45) is 5.73 Å². The maximum atomic E-state index is 13.1. The van der Waals surface area contributed by atoms with E-state index in [1.807, 2.05) is 24.3 Å². The lowest BCUT2D eigenvalue weighted by molar-refractivity contribution is 0.212. The van der Waals surface area contributed by atoms with Gasteiger partial charge in [-0.1, -0.05) is 28.1 Å². The number of nitrogens with two attached hydrogens (primary N) is 1. The molecule has 2 N–H and O–H groups in total. The van der Waals surface area contributed by atoms with Crippen molar-refractivity contribution in [3.63, 3.8) is 0 Å². The van der Waals surface area contributed by atoms with Gasteiger partial charge in [-0.2, -0.15) is 0 Å². The summed E-state index contributed by atoms with van der Waals surface area (Å²) in [6, 6.07) is 10.5. The summed E-state index contributed by atoms with van der Waals surface area (Å²) in [6.07, 6.45) is -0.450. The molecule has 2 nitrogen and oxygen atoms in total. The zero-order valence-corrected chi connectivity index (χ0v) is 11.5. The Labute approximate surface area is 118 Å². The van der Waals surface area contributed by atoms with Crippen LogP contribution in [-0.2, 0) is 0 Å². The fraction of sp³-hybridized carbons (Fsp3) is 0.143. The zero-order valence-electron chi connectivity index (χ0n) is 9.95. The number of halogens is 3. The van der Waals surface area contributed by atoms with Crippen LogP contribution in [0.25, 0.3) is 0 Å². The minimum atomic E-state index is -0.679. The maximum absolute atomic E-state index is 13.1. The molecule has 1 atom stereocenters. The van der Waals surface area contributed by atoms with E-state index in [9.17, 15) is 8.78 Å². The lowest BCUT2D eigenvalue weighted by atomic mass is 10.1. The van der Waals surface area contributed by atoms with Crippen LogP contribution in [0.15, 0.2) is 46.9 Å². The number of ether oxygens (including phenoxy) is 1. The fourth-order valence-corrected chi connectivity index (χ4v) is 1.95. The summed E-state index contributed by atoms with van der Waals surface area (Å²) in [5.41, 5.74) is 6.49. The molecule has 0 bridgehead atoms. The molecule has 0 spiro atoms. The Bertz CT molecular complexity index is 540. The zero-order chi connectivity index (χ0) is 13.8. The first kappa shape index (κ1) is 14.0. The molecule has 100 valence electrons. The van der Waals surface area contributed by atoms with E-state index in [1.54, 1.807) is 0 Å². The molecule has 0 saturated carbocycles. The van der Waals surface area contributed by atoms with Crippen molar-refractivity contribution in [2.75, 3.05) is 6.54 Å². The second-order valence-corrected chi connectivity index (χ2v) is 4.91. The Morgan fingerprint density at radius 2 is 1.63 bits per heavy atom. The highest BCUT2D eigenvalue weighted by Crippen LogP contribution is 2.24. The summed E-state index contributed by atoms with van der Waals surface area (Å²) in [5, 5.41) is 0. The van der Waals surface area contributed by atoms with Gasteiger partial charge in [0.05, 0.1) is 0 Å². The van der Waals surface area contributed by atoms with Crippen LogP contribution in [0, 0.1) is 11.6 Å². The quantitative estimate of drug-likeness (QED) is 0.926. The Balaban J connectivity index is 2.21. The van der Waals surface area contributed by atoms with Crippen molar-refractivity contribution in [3.8, 4) is 5.75 Å². The summed E-state index contributed by atoms with van der Waals surface area (Å²) in [7, 11) is 0. The van der Waals surface area contributed by atoms with Crippen LogP contribution in [0.1, 0.15) is 11.7 Å². The molecule has 2 aromatic carbocycles. The highest BCUT2D eigenvalue weighted by molar-refractivity contribution is 9.10. The molecule has 0 aliphatic heterocycles. The van der Waals surface area contributed by atoms with Gasteiger partial charge in [0.25, 0.3) is 0 Å². The highest BCUT2D eigenvalue weighted by Gasteiger charge is 2.12. The van der Waals surface area contributed by atoms with E-state index in [2.05, 4.69) is 15.9 Å². The molecule has 19 heavy (non-hydrogen) atoms. The van der Waals surface area contributed by atoms with Gasteiger partial charge in [-0.05, 0) is 17.7 Å². The third kappa shape index (κ3) is 3.75. The fourth-order valence-electron chi connectivity index (χ4n) is 1.69. The standard InChI is InChI=1S/C14H12BrF2NO/c15-10-3-1-9(2-4-10)14(8-18)19-13-6-11(16)5-12(17)7-13/h1-7,14H,8,18H2. The van der Waals surface area contributed by atoms with Crippen LogP contribution in [0.3, 0.4) is 0 Å². The molecule has 0 saturated heterocycles. The van der Waals surface area contributed by atoms with Gasteiger partial charge in [0, 0.05) is 29.2 Å². The molecule has 0 aliphatic carbocycles. The molecule has 2 aromatic rings. The Kier molecular flexibility index (Phi) is 4.50. The van der Waals surface area contributed by atoms with Gasteiger partial charge in [0.2, 0.25) is 0 Å². The lowest BCUT2D eigenvalue weighted by Crippen LogP contribution is -2.18. The summed E-state index contributed by atoms with van der Waals surface area (Å²) < 4.78 is 32.6. The average Bonchev–Trinajstić information content (AvgIpc) is 2.36. The minimum Gasteiger partial charge on any atom is -0.484 e. The monoisotopic (exact) mass is 327 g/mol. The van der Waals surface area contributed by atoms with Crippen LogP contribution in [0.5, 0.6) is 5.75 Å². The first-order chi connectivity index (χ1) is 9.08. The van der Waals surface area contributed by atoms with E-state index in [0.717, 1.165) is 28.2 Å². The van der Waals surface area contributed by atoms with Crippen molar-refractivity contribution < 1.29 is 13.5 Å². The van der Waals surface area contributed by atoms with Crippen LogP contribution in [0.2, 0.25) is 0 Å². The van der Waals surface area contributed by atoms with E-state index >= 15 is 0 Å². The highest BCUT2D eigenvalue weighted by atomic mass is 79.9. The molecule has 0 amide bonds. The van der Waals surface area contributed by atoms with E-state index in [-0.39, 0.29) is 12.3 Å². The molecule has 1 unspecified atom stereocenters. The SMILES string of the molecule is NCC(Oc1cc(F)cc(F)c1)c1ccc(Br)cc1. The normalized spacial score (nSPS) is 12.2. The molecule has 2 rings (SSSR count). The predicted molar refractivity (Wildman–Crippen MR) is 72.9 cm³/mol. The molecule has 5 heteroatoms. The van der Waals surface area contributed by atoms with Crippen LogP contribution in [-0.4, -0.2) is 6.54 Å². The maximum Gasteiger partial charge on any atom is 0.136 e. The summed E-state index contributed by atoms with van der Waals surface area (Å²) in [6.45, 7) is 0.208. The average molecular weight is 328 g/mol. The van der Waals surface area contributed by atoms with Crippen molar-refractivity contribution in [3.05, 3.63) is 64.1 Å². The van der Waals surface area contributed by atoms with Gasteiger partial charge in [-0.25, -0.2) is 8.78 Å². The van der Waals surface area contributed by atoms with E-state index < -0.39 is 17.7 Å². The van der Waals surface area contributed by atoms with Gasteiger partial charge in [0.15, 0.2) is 0 Å². The number of rotatable bonds is 4. The third-order valence-electron chi connectivity index (χ3n) is 2.57. The number of hydrogen-bond acceptors (Lipinski definition) is 2. The van der Waals surface area contributed by atoms with Crippen molar-refractivity contribution in [1.82, 2.24) is 0 Å². The Morgan fingerprint density at radius 1 is 1.05 bits per heavy atom. The molecular weight excluding hydrogens is 316 g/mol. The first-order valence-corrected chi connectivity index (χ1v) is 6.46. The Morgan fingerprint density at radius 3 is 2.16 bits per heavy atom. The van der Waals surface area contributed by atoms with Gasteiger partial charge >= 0.3 is 0 Å². The second-order valence-electron chi connectivity index (χ2n) is 4.00. The summed E-state index contributed by atoms with van der Waals surface area (Å²) >= 11 is 3.33. The number of benzene rings is 2. The molecule has 0 radical (unpaired) electrons. The second kappa shape index (κ2) is 6.12. The lowest BCUT2D eigenvalue weighted by Gasteiger charge is -2.18. The molecule has 0 aliphatic rings. The molecule has 0 fully saturated rings. The largest absolute Gasteiger partial charge is 0.484 e. The number of hydrogen-bond donors (Lipinski definition) is 1. The van der Waals surface area contributed by atoms with Gasteiger partial charge in [-0.15, -0.1) is 0 Å². The predicted octanol–water partition coefficient (Wildman–Crippen LogP) is 3.81. The smallest absolute Gasteiger partial charge is 0.136 e. The summed E-state index contributed by atoms with van der Waals surface area (Å²) in [4.78, 5) is 0. The molecule has 0 heterocycles. The van der Waals surface area contributed by atoms with E-state index in [0.29, 0.717) is 0 Å². The van der Waals surface area contributed by atoms with Gasteiger partial charge < -0.3 is 10.5 Å². The summed E-state index contributed by atoms with van der Waals surface area (Å²) in [5.74, 6) is -1.24. The van der Waals surface area contributed by atoms with Crippen molar-refractivity contribution in [2.45, 2.75) is 6.10 Å². The van der Waals surface area contributed by atoms with Crippen molar-refractivity contribution >= 4 is 15.9 Å². The molecule has 0 aromatic heterocycles. The van der Waals surface area contributed by atoms with E-state index in [1.165, 1.54) is 0 Å². The Hall–Kier alpha value is -1.46. The van der Waals surface area contributed by atoms with Crippen LogP contribution in [0.4, 0.5) is 8.78 Å². The molecular formula is C14H12BrF2NO. The van der Waals surface area contributed by atoms with Crippen LogP contribution >= 0.6 is 15.9 Å². The van der Waals surface area contributed by atoms with Crippen molar-refractivity contribution in [1.29, 1.82) is 0 Å². The topological polar surface area (TPSA) is 35.2 Å². The first-order valence-electron chi connectivity index (χ1n) is 5.67. The van der Waals surface area contributed by atoms with Gasteiger partial charge in [0.1, 0.15) is 23.5 Å².